The SMILES string of the molecule is Cc1cccc(C(=O)NCC(=O)NC2CN(C3CCC(O)(c4nccs4)CC3)C2)c1. The van der Waals surface area contributed by atoms with Gasteiger partial charge < -0.3 is 15.7 Å². The molecule has 2 fully saturated rings. The highest BCUT2D eigenvalue weighted by molar-refractivity contribution is 7.09. The van der Waals surface area contributed by atoms with E-state index in [2.05, 4.69) is 20.5 Å². The number of thiazole rings is 1. The number of hydrogen-bond donors (Lipinski definition) is 3. The van der Waals surface area contributed by atoms with E-state index in [1.54, 1.807) is 18.3 Å². The second-order valence-electron chi connectivity index (χ2n) is 8.37. The zero-order valence-corrected chi connectivity index (χ0v) is 18.0. The molecule has 1 aromatic carbocycles. The summed E-state index contributed by atoms with van der Waals surface area (Å²) >= 11 is 1.52. The fourth-order valence-corrected chi connectivity index (χ4v) is 5.14. The molecule has 1 saturated carbocycles. The minimum Gasteiger partial charge on any atom is -0.383 e. The van der Waals surface area contributed by atoms with E-state index >= 15 is 0 Å². The van der Waals surface area contributed by atoms with Crippen LogP contribution in [0.25, 0.3) is 0 Å². The largest absolute Gasteiger partial charge is 0.383 e. The smallest absolute Gasteiger partial charge is 0.251 e. The van der Waals surface area contributed by atoms with E-state index < -0.39 is 5.60 Å². The molecule has 0 radical (unpaired) electrons. The first kappa shape index (κ1) is 21.0. The maximum Gasteiger partial charge on any atom is 0.251 e. The van der Waals surface area contributed by atoms with Gasteiger partial charge in [-0.1, -0.05) is 17.7 Å². The van der Waals surface area contributed by atoms with Crippen LogP contribution in [0.4, 0.5) is 0 Å². The number of amides is 2. The molecule has 2 amide bonds. The summed E-state index contributed by atoms with van der Waals surface area (Å²) in [4.78, 5) is 31.0. The monoisotopic (exact) mass is 428 g/mol. The molecule has 0 unspecified atom stereocenters. The molecule has 1 aliphatic heterocycles. The van der Waals surface area contributed by atoms with Gasteiger partial charge in [-0.25, -0.2) is 4.98 Å². The van der Waals surface area contributed by atoms with Crippen molar-refractivity contribution < 1.29 is 14.7 Å². The van der Waals surface area contributed by atoms with E-state index in [-0.39, 0.29) is 24.4 Å². The second kappa shape index (κ2) is 8.83. The van der Waals surface area contributed by atoms with Crippen molar-refractivity contribution in [2.24, 2.45) is 0 Å². The summed E-state index contributed by atoms with van der Waals surface area (Å²) in [5, 5.41) is 19.2. The Bertz CT molecular complexity index is 888. The molecule has 0 spiro atoms. The fourth-order valence-electron chi connectivity index (χ4n) is 4.34. The van der Waals surface area contributed by atoms with Crippen molar-refractivity contribution >= 4 is 23.2 Å². The van der Waals surface area contributed by atoms with Gasteiger partial charge in [0.05, 0.1) is 12.6 Å². The van der Waals surface area contributed by atoms with Crippen LogP contribution in [-0.2, 0) is 10.4 Å². The molecule has 160 valence electrons. The number of likely N-dealkylation sites (tertiary alicyclic amines) is 1. The van der Waals surface area contributed by atoms with E-state index in [4.69, 9.17) is 0 Å². The predicted molar refractivity (Wildman–Crippen MR) is 115 cm³/mol. The molecule has 8 heteroatoms. The summed E-state index contributed by atoms with van der Waals surface area (Å²) in [6.07, 6.45) is 5.07. The van der Waals surface area contributed by atoms with Crippen LogP contribution in [-0.4, -0.2) is 58.5 Å². The first-order chi connectivity index (χ1) is 14.4. The molecule has 0 atom stereocenters. The van der Waals surface area contributed by atoms with E-state index in [0.717, 1.165) is 49.3 Å². The number of aromatic nitrogens is 1. The van der Waals surface area contributed by atoms with Crippen LogP contribution >= 0.6 is 11.3 Å². The number of aryl methyl sites for hydroxylation is 1. The van der Waals surface area contributed by atoms with Crippen LogP contribution in [0.2, 0.25) is 0 Å². The Labute approximate surface area is 180 Å². The third-order valence-corrected chi connectivity index (χ3v) is 7.06. The number of aliphatic hydroxyl groups is 1. The van der Waals surface area contributed by atoms with Crippen molar-refractivity contribution in [1.29, 1.82) is 0 Å². The summed E-state index contributed by atoms with van der Waals surface area (Å²) in [5.41, 5.74) is 0.792. The van der Waals surface area contributed by atoms with Crippen LogP contribution in [0.3, 0.4) is 0 Å². The highest BCUT2D eigenvalue weighted by Crippen LogP contribution is 2.40. The van der Waals surface area contributed by atoms with Gasteiger partial charge in [-0.2, -0.15) is 0 Å². The van der Waals surface area contributed by atoms with Crippen molar-refractivity contribution in [3.05, 3.63) is 52.0 Å². The number of carbonyl (C=O) groups is 2. The Kier molecular flexibility index (Phi) is 6.17. The summed E-state index contributed by atoms with van der Waals surface area (Å²) in [6.45, 7) is 3.54. The fraction of sp³-hybridized carbons (Fsp3) is 0.500. The Morgan fingerprint density at radius 3 is 2.73 bits per heavy atom. The first-order valence-corrected chi connectivity index (χ1v) is 11.3. The van der Waals surface area contributed by atoms with Gasteiger partial charge >= 0.3 is 0 Å². The van der Waals surface area contributed by atoms with Gasteiger partial charge in [0.2, 0.25) is 5.91 Å². The Balaban J connectivity index is 1.16. The number of hydrogen-bond acceptors (Lipinski definition) is 6. The summed E-state index contributed by atoms with van der Waals surface area (Å²) < 4.78 is 0. The number of nitrogens with zero attached hydrogens (tertiary/aromatic N) is 2. The van der Waals surface area contributed by atoms with E-state index in [9.17, 15) is 14.7 Å². The van der Waals surface area contributed by atoms with Gasteiger partial charge in [0, 0.05) is 36.3 Å². The van der Waals surface area contributed by atoms with Crippen molar-refractivity contribution in [2.75, 3.05) is 19.6 Å². The molecule has 2 aliphatic rings. The van der Waals surface area contributed by atoms with E-state index in [1.165, 1.54) is 11.3 Å². The van der Waals surface area contributed by atoms with Crippen molar-refractivity contribution in [3.8, 4) is 0 Å². The standard InChI is InChI=1S/C22H28N4O3S/c1-15-3-2-4-16(11-15)20(28)24-12-19(27)25-17-13-26(14-17)18-5-7-22(29,8-6-18)21-23-9-10-30-21/h2-4,9-11,17-18,29H,5-8,12-14H2,1H3,(H,24,28)(H,25,27). The van der Waals surface area contributed by atoms with Gasteiger partial charge in [0.25, 0.3) is 5.91 Å². The van der Waals surface area contributed by atoms with Gasteiger partial charge in [-0.3, -0.25) is 14.5 Å². The number of benzene rings is 1. The molecular formula is C22H28N4O3S. The lowest BCUT2D eigenvalue weighted by Crippen LogP contribution is -2.63. The molecule has 4 rings (SSSR count). The maximum atomic E-state index is 12.2. The zero-order valence-electron chi connectivity index (χ0n) is 17.1. The second-order valence-corrected chi connectivity index (χ2v) is 9.27. The summed E-state index contributed by atoms with van der Waals surface area (Å²) in [5.74, 6) is -0.401. The van der Waals surface area contributed by atoms with Crippen molar-refractivity contribution in [3.63, 3.8) is 0 Å². The van der Waals surface area contributed by atoms with Crippen LogP contribution in [0.15, 0.2) is 35.8 Å². The quantitative estimate of drug-likeness (QED) is 0.652. The lowest BCUT2D eigenvalue weighted by atomic mass is 9.81. The average molecular weight is 429 g/mol. The summed E-state index contributed by atoms with van der Waals surface area (Å²) in [7, 11) is 0. The molecule has 1 saturated heterocycles. The van der Waals surface area contributed by atoms with E-state index in [1.807, 2.05) is 24.4 Å². The molecule has 7 nitrogen and oxygen atoms in total. The number of nitrogens with one attached hydrogen (secondary N) is 2. The molecule has 2 aromatic rings. The van der Waals surface area contributed by atoms with Crippen LogP contribution < -0.4 is 10.6 Å². The Hall–Kier alpha value is -2.29. The van der Waals surface area contributed by atoms with Crippen LogP contribution in [0.1, 0.15) is 46.6 Å². The number of rotatable bonds is 6. The highest BCUT2D eigenvalue weighted by atomic mass is 32.1. The summed E-state index contributed by atoms with van der Waals surface area (Å²) in [6, 6.07) is 7.86. The van der Waals surface area contributed by atoms with Crippen molar-refractivity contribution in [2.45, 2.75) is 50.3 Å². The topological polar surface area (TPSA) is 94.6 Å². The van der Waals surface area contributed by atoms with Crippen LogP contribution in [0, 0.1) is 6.92 Å². The lowest BCUT2D eigenvalue weighted by molar-refractivity contribution is -0.122. The van der Waals surface area contributed by atoms with E-state index in [0.29, 0.717) is 11.6 Å². The maximum absolute atomic E-state index is 12.2. The Morgan fingerprint density at radius 1 is 1.30 bits per heavy atom. The average Bonchev–Trinajstić information content (AvgIpc) is 3.25. The van der Waals surface area contributed by atoms with Crippen molar-refractivity contribution in [1.82, 2.24) is 20.5 Å². The van der Waals surface area contributed by atoms with Gasteiger partial charge in [-0.15, -0.1) is 11.3 Å². The minimum absolute atomic E-state index is 0.0203. The molecule has 3 N–H and O–H groups in total. The van der Waals surface area contributed by atoms with Crippen LogP contribution in [0.5, 0.6) is 0 Å². The highest BCUT2D eigenvalue weighted by Gasteiger charge is 2.41. The Morgan fingerprint density at radius 2 is 2.07 bits per heavy atom. The molecule has 1 aliphatic carbocycles. The predicted octanol–water partition coefficient (Wildman–Crippen LogP) is 1.81. The molecule has 30 heavy (non-hydrogen) atoms. The van der Waals surface area contributed by atoms with Gasteiger partial charge in [0.15, 0.2) is 0 Å². The molecule has 1 aromatic heterocycles. The zero-order chi connectivity index (χ0) is 21.1. The lowest BCUT2D eigenvalue weighted by Gasteiger charge is -2.47. The third-order valence-electron chi connectivity index (χ3n) is 6.09. The van der Waals surface area contributed by atoms with Gasteiger partial charge in [-0.05, 0) is 44.7 Å². The molecule has 2 heterocycles. The normalized spacial score (nSPS) is 24.8. The number of carbonyl (C=O) groups excluding carboxylic acids is 2. The van der Waals surface area contributed by atoms with Gasteiger partial charge in [0.1, 0.15) is 10.6 Å². The first-order valence-electron chi connectivity index (χ1n) is 10.4. The minimum atomic E-state index is -0.779. The third kappa shape index (κ3) is 4.71. The molecule has 0 bridgehead atoms. The molecular weight excluding hydrogens is 400 g/mol.